The number of methoxy groups -OCH3 is 4. The molecule has 0 aromatic heterocycles. The second kappa shape index (κ2) is 12.4. The van der Waals surface area contributed by atoms with Gasteiger partial charge in [-0.2, -0.15) is 0 Å². The quantitative estimate of drug-likeness (QED) is 0.381. The normalized spacial score (nSPS) is 11.8. The number of hydrogen-bond acceptors (Lipinski definition) is 7. The predicted octanol–water partition coefficient (Wildman–Crippen LogP) is 3.84. The summed E-state index contributed by atoms with van der Waals surface area (Å²) in [5.74, 6) is 0.836. The molecule has 3 rings (SSSR count). The number of ether oxygens (including phenoxy) is 4. The molecule has 0 aliphatic heterocycles. The van der Waals surface area contributed by atoms with Crippen LogP contribution in [0, 0.1) is 0 Å². The lowest BCUT2D eigenvalue weighted by atomic mass is 10.0. The largest absolute Gasteiger partial charge is 0.497 e. The Labute approximate surface area is 218 Å². The molecule has 0 unspecified atom stereocenters. The maximum Gasteiger partial charge on any atom is 0.265 e. The third-order valence-electron chi connectivity index (χ3n) is 5.86. The fraction of sp³-hybridized carbons (Fsp3) is 0.296. The van der Waals surface area contributed by atoms with E-state index in [9.17, 15) is 13.2 Å². The van der Waals surface area contributed by atoms with Gasteiger partial charge in [0.25, 0.3) is 10.0 Å². The first-order valence-corrected chi connectivity index (χ1v) is 13.0. The molecule has 0 bridgehead atoms. The summed E-state index contributed by atoms with van der Waals surface area (Å²) < 4.78 is 50.1. The van der Waals surface area contributed by atoms with E-state index in [1.165, 1.54) is 52.7 Å². The van der Waals surface area contributed by atoms with Crippen LogP contribution in [0.25, 0.3) is 0 Å². The highest BCUT2D eigenvalue weighted by Gasteiger charge is 2.31. The fourth-order valence-corrected chi connectivity index (χ4v) is 5.19. The van der Waals surface area contributed by atoms with Gasteiger partial charge in [-0.3, -0.25) is 9.10 Å². The van der Waals surface area contributed by atoms with Crippen molar-refractivity contribution in [2.45, 2.75) is 17.7 Å². The van der Waals surface area contributed by atoms with Gasteiger partial charge in [0.05, 0.1) is 39.0 Å². The molecule has 0 spiro atoms. The van der Waals surface area contributed by atoms with Gasteiger partial charge in [-0.25, -0.2) is 8.42 Å². The zero-order valence-corrected chi connectivity index (χ0v) is 22.4. The third-order valence-corrected chi connectivity index (χ3v) is 7.61. The van der Waals surface area contributed by atoms with Crippen LogP contribution in [0.4, 0.5) is 5.69 Å². The number of amides is 1. The van der Waals surface area contributed by atoms with Crippen molar-refractivity contribution >= 4 is 21.6 Å². The maximum atomic E-state index is 13.9. The molecular formula is C27H32N2O7S. The molecule has 9 nitrogen and oxygen atoms in total. The lowest BCUT2D eigenvalue weighted by Crippen LogP contribution is -2.42. The van der Waals surface area contributed by atoms with Gasteiger partial charge in [-0.05, 0) is 35.7 Å². The maximum absolute atomic E-state index is 13.9. The number of hydrogen-bond donors (Lipinski definition) is 1. The molecule has 37 heavy (non-hydrogen) atoms. The summed E-state index contributed by atoms with van der Waals surface area (Å²) in [5.41, 5.74) is 1.22. The van der Waals surface area contributed by atoms with Gasteiger partial charge in [-0.1, -0.05) is 37.3 Å². The van der Waals surface area contributed by atoms with E-state index in [1.807, 2.05) is 37.3 Å². The summed E-state index contributed by atoms with van der Waals surface area (Å²) in [6, 6.07) is 18.7. The van der Waals surface area contributed by atoms with Crippen LogP contribution in [0.15, 0.2) is 71.6 Å². The van der Waals surface area contributed by atoms with Crippen LogP contribution >= 0.6 is 0 Å². The Bertz CT molecular complexity index is 1310. The zero-order valence-electron chi connectivity index (χ0n) is 21.6. The van der Waals surface area contributed by atoms with Crippen LogP contribution in [0.1, 0.15) is 18.4 Å². The van der Waals surface area contributed by atoms with Crippen molar-refractivity contribution in [2.24, 2.45) is 0 Å². The molecule has 1 N–H and O–H groups in total. The number of carbonyl (C=O) groups is 1. The Morgan fingerprint density at radius 1 is 0.838 bits per heavy atom. The van der Waals surface area contributed by atoms with E-state index in [1.54, 1.807) is 12.1 Å². The first kappa shape index (κ1) is 27.7. The smallest absolute Gasteiger partial charge is 0.265 e. The molecule has 0 aliphatic carbocycles. The molecule has 10 heteroatoms. The summed E-state index contributed by atoms with van der Waals surface area (Å²) >= 11 is 0. The number of benzene rings is 3. The standard InChI is InChI=1S/C27H32N2O7S/c1-19(20-9-7-6-8-10-20)17-28-27(30)18-29(23-15-21(33-2)11-13-24(23)34-3)37(31,32)22-12-14-25(35-4)26(16-22)36-5/h6-16,19H,17-18H2,1-5H3,(H,28,30)/t19-/m1/s1. The third kappa shape index (κ3) is 6.45. The number of nitrogens with one attached hydrogen (secondary N) is 1. The minimum Gasteiger partial charge on any atom is -0.497 e. The summed E-state index contributed by atoms with van der Waals surface area (Å²) in [5, 5.41) is 2.85. The minimum atomic E-state index is -4.25. The molecular weight excluding hydrogens is 496 g/mol. The van der Waals surface area contributed by atoms with E-state index >= 15 is 0 Å². The topological polar surface area (TPSA) is 103 Å². The molecule has 3 aromatic carbocycles. The van der Waals surface area contributed by atoms with E-state index in [2.05, 4.69) is 5.32 Å². The average Bonchev–Trinajstić information content (AvgIpc) is 2.94. The molecule has 1 atom stereocenters. The van der Waals surface area contributed by atoms with Crippen molar-refractivity contribution in [3.8, 4) is 23.0 Å². The van der Waals surface area contributed by atoms with Crippen LogP contribution in [-0.2, 0) is 14.8 Å². The van der Waals surface area contributed by atoms with Crippen molar-refractivity contribution in [1.29, 1.82) is 0 Å². The highest BCUT2D eigenvalue weighted by Crippen LogP contribution is 2.37. The van der Waals surface area contributed by atoms with Gasteiger partial charge in [0, 0.05) is 18.7 Å². The van der Waals surface area contributed by atoms with Crippen LogP contribution < -0.4 is 28.6 Å². The fourth-order valence-electron chi connectivity index (χ4n) is 3.75. The number of anilines is 1. The molecule has 3 aromatic rings. The lowest BCUT2D eigenvalue weighted by Gasteiger charge is -2.26. The zero-order chi connectivity index (χ0) is 27.0. The van der Waals surface area contributed by atoms with E-state index in [0.29, 0.717) is 18.0 Å². The van der Waals surface area contributed by atoms with Crippen molar-refractivity contribution in [2.75, 3.05) is 45.8 Å². The highest BCUT2D eigenvalue weighted by atomic mass is 32.2. The second-order valence-corrected chi connectivity index (χ2v) is 10.0. The second-order valence-electron chi connectivity index (χ2n) is 8.18. The van der Waals surface area contributed by atoms with Crippen LogP contribution in [0.5, 0.6) is 23.0 Å². The first-order chi connectivity index (χ1) is 17.7. The monoisotopic (exact) mass is 528 g/mol. The van der Waals surface area contributed by atoms with E-state index in [-0.39, 0.29) is 28.0 Å². The molecule has 0 aliphatic rings. The van der Waals surface area contributed by atoms with Crippen molar-refractivity contribution < 1.29 is 32.2 Å². The van der Waals surface area contributed by atoms with Gasteiger partial charge in [0.1, 0.15) is 18.0 Å². The molecule has 0 saturated carbocycles. The summed E-state index contributed by atoms with van der Waals surface area (Å²) in [6.45, 7) is 1.84. The summed E-state index contributed by atoms with van der Waals surface area (Å²) in [6.07, 6.45) is 0. The van der Waals surface area contributed by atoms with Crippen molar-refractivity contribution in [3.63, 3.8) is 0 Å². The van der Waals surface area contributed by atoms with Gasteiger partial charge >= 0.3 is 0 Å². The predicted molar refractivity (Wildman–Crippen MR) is 141 cm³/mol. The number of carbonyl (C=O) groups excluding carboxylic acids is 1. The van der Waals surface area contributed by atoms with E-state index in [4.69, 9.17) is 18.9 Å². The Morgan fingerprint density at radius 3 is 2.11 bits per heavy atom. The molecule has 1 amide bonds. The van der Waals surface area contributed by atoms with Crippen LogP contribution in [0.2, 0.25) is 0 Å². The van der Waals surface area contributed by atoms with Gasteiger partial charge in [-0.15, -0.1) is 0 Å². The first-order valence-electron chi connectivity index (χ1n) is 11.5. The average molecular weight is 529 g/mol. The van der Waals surface area contributed by atoms with E-state index in [0.717, 1.165) is 9.87 Å². The Balaban J connectivity index is 1.98. The lowest BCUT2D eigenvalue weighted by molar-refractivity contribution is -0.119. The highest BCUT2D eigenvalue weighted by molar-refractivity contribution is 7.92. The van der Waals surface area contributed by atoms with Gasteiger partial charge in [0.15, 0.2) is 11.5 Å². The Hall–Kier alpha value is -3.92. The van der Waals surface area contributed by atoms with Gasteiger partial charge in [0.2, 0.25) is 5.91 Å². The molecule has 0 heterocycles. The SMILES string of the molecule is COc1ccc(OC)c(N(CC(=O)NC[C@@H](C)c2ccccc2)S(=O)(=O)c2ccc(OC)c(OC)c2)c1. The Kier molecular flexibility index (Phi) is 9.24. The Morgan fingerprint density at radius 2 is 1.49 bits per heavy atom. The van der Waals surface area contributed by atoms with Crippen molar-refractivity contribution in [3.05, 3.63) is 72.3 Å². The van der Waals surface area contributed by atoms with Crippen LogP contribution in [-0.4, -0.2) is 55.9 Å². The van der Waals surface area contributed by atoms with Crippen LogP contribution in [0.3, 0.4) is 0 Å². The molecule has 0 fully saturated rings. The van der Waals surface area contributed by atoms with E-state index < -0.39 is 22.5 Å². The number of nitrogens with zero attached hydrogens (tertiary/aromatic N) is 1. The van der Waals surface area contributed by atoms with Crippen molar-refractivity contribution in [1.82, 2.24) is 5.32 Å². The van der Waals surface area contributed by atoms with Gasteiger partial charge < -0.3 is 24.3 Å². The molecule has 0 radical (unpaired) electrons. The number of sulfonamides is 1. The minimum absolute atomic E-state index is 0.0346. The summed E-state index contributed by atoms with van der Waals surface area (Å²) in [7, 11) is 1.51. The molecule has 0 saturated heterocycles. The number of rotatable bonds is 12. The summed E-state index contributed by atoms with van der Waals surface area (Å²) in [4.78, 5) is 13.0. The molecule has 198 valence electrons.